The summed E-state index contributed by atoms with van der Waals surface area (Å²) < 4.78 is 39.7. The summed E-state index contributed by atoms with van der Waals surface area (Å²) in [7, 11) is 0. The second-order valence-electron chi connectivity index (χ2n) is 6.69. The highest BCUT2D eigenvalue weighted by Crippen LogP contribution is 2.27. The second-order valence-corrected chi connectivity index (χ2v) is 6.69. The molecular weight excluding hydrogens is 357 g/mol. The van der Waals surface area contributed by atoms with Crippen molar-refractivity contribution in [3.63, 3.8) is 0 Å². The van der Waals surface area contributed by atoms with Crippen LogP contribution in [0, 0.1) is 0 Å². The molecule has 0 unspecified atom stereocenters. The summed E-state index contributed by atoms with van der Waals surface area (Å²) in [6.07, 6.45) is -2.78. The number of benzene rings is 1. The van der Waals surface area contributed by atoms with E-state index < -0.39 is 12.0 Å². The van der Waals surface area contributed by atoms with Gasteiger partial charge in [0.05, 0.1) is 0 Å². The van der Waals surface area contributed by atoms with Crippen LogP contribution in [0.2, 0.25) is 0 Å². The molecule has 9 heteroatoms. The number of hydrogen-bond donors (Lipinski definition) is 1. The summed E-state index contributed by atoms with van der Waals surface area (Å²) in [5.74, 6) is -0.715. The van der Waals surface area contributed by atoms with Gasteiger partial charge in [-0.05, 0) is 30.5 Å². The van der Waals surface area contributed by atoms with Gasteiger partial charge < -0.3 is 5.32 Å². The molecule has 4 rings (SSSR count). The maximum atomic E-state index is 13.0. The summed E-state index contributed by atoms with van der Waals surface area (Å²) in [6.45, 7) is 2.76. The van der Waals surface area contributed by atoms with Gasteiger partial charge in [-0.15, -0.1) is 15.3 Å². The Kier molecular flexibility index (Phi) is 4.69. The van der Waals surface area contributed by atoms with Gasteiger partial charge in [-0.1, -0.05) is 30.3 Å². The van der Waals surface area contributed by atoms with E-state index in [1.54, 1.807) is 6.07 Å². The first kappa shape index (κ1) is 17.7. The van der Waals surface area contributed by atoms with E-state index in [2.05, 4.69) is 37.6 Å². The van der Waals surface area contributed by atoms with Gasteiger partial charge in [0.2, 0.25) is 0 Å². The number of rotatable bonds is 4. The van der Waals surface area contributed by atoms with Crippen LogP contribution in [0.1, 0.15) is 24.2 Å². The van der Waals surface area contributed by atoms with Crippen LogP contribution < -0.4 is 5.32 Å². The number of nitrogens with one attached hydrogen (secondary N) is 1. The van der Waals surface area contributed by atoms with Gasteiger partial charge in [-0.2, -0.15) is 17.7 Å². The van der Waals surface area contributed by atoms with E-state index in [9.17, 15) is 13.2 Å². The van der Waals surface area contributed by atoms with Crippen molar-refractivity contribution in [1.82, 2.24) is 24.7 Å². The Morgan fingerprint density at radius 2 is 1.74 bits per heavy atom. The number of hydrogen-bond acceptors (Lipinski definition) is 5. The molecule has 3 heterocycles. The van der Waals surface area contributed by atoms with E-state index in [-0.39, 0.29) is 11.7 Å². The number of alkyl halides is 3. The van der Waals surface area contributed by atoms with Crippen molar-refractivity contribution in [2.24, 2.45) is 0 Å². The molecule has 0 saturated carbocycles. The molecule has 0 amide bonds. The average molecular weight is 376 g/mol. The molecule has 0 bridgehead atoms. The van der Waals surface area contributed by atoms with Gasteiger partial charge in [0, 0.05) is 25.7 Å². The van der Waals surface area contributed by atoms with Gasteiger partial charge in [0.25, 0.3) is 5.82 Å². The first-order chi connectivity index (χ1) is 13.0. The Labute approximate surface area is 154 Å². The molecule has 1 aliphatic rings. The van der Waals surface area contributed by atoms with Gasteiger partial charge in [-0.3, -0.25) is 4.90 Å². The monoisotopic (exact) mass is 376 g/mol. The number of anilines is 1. The van der Waals surface area contributed by atoms with Crippen molar-refractivity contribution in [2.75, 3.05) is 18.4 Å². The molecule has 1 saturated heterocycles. The predicted molar refractivity (Wildman–Crippen MR) is 94.1 cm³/mol. The highest BCUT2D eigenvalue weighted by Gasteiger charge is 2.37. The first-order valence-corrected chi connectivity index (χ1v) is 8.81. The molecule has 142 valence electrons. The van der Waals surface area contributed by atoms with E-state index in [1.165, 1.54) is 11.6 Å². The van der Waals surface area contributed by atoms with Gasteiger partial charge in [-0.25, -0.2) is 0 Å². The second kappa shape index (κ2) is 7.15. The highest BCUT2D eigenvalue weighted by atomic mass is 19.4. The van der Waals surface area contributed by atoms with Crippen LogP contribution in [-0.4, -0.2) is 43.8 Å². The zero-order chi connectivity index (χ0) is 18.9. The summed E-state index contributed by atoms with van der Waals surface area (Å²) in [5, 5.41) is 14.0. The van der Waals surface area contributed by atoms with E-state index in [0.717, 1.165) is 37.0 Å². The third-order valence-corrected chi connectivity index (χ3v) is 4.70. The lowest BCUT2D eigenvalue weighted by molar-refractivity contribution is -0.146. The Morgan fingerprint density at radius 1 is 1.00 bits per heavy atom. The van der Waals surface area contributed by atoms with Crippen LogP contribution in [0.15, 0.2) is 42.5 Å². The Morgan fingerprint density at radius 3 is 2.44 bits per heavy atom. The number of aromatic nitrogens is 4. The van der Waals surface area contributed by atoms with E-state index in [1.807, 2.05) is 18.2 Å². The van der Waals surface area contributed by atoms with Crippen molar-refractivity contribution in [3.8, 4) is 0 Å². The van der Waals surface area contributed by atoms with Crippen molar-refractivity contribution in [3.05, 3.63) is 53.9 Å². The Bertz CT molecular complexity index is 900. The largest absolute Gasteiger partial charge is 0.453 e. The molecule has 1 aromatic carbocycles. The first-order valence-electron chi connectivity index (χ1n) is 8.81. The number of likely N-dealkylation sites (tertiary alicyclic amines) is 1. The molecule has 27 heavy (non-hydrogen) atoms. The van der Waals surface area contributed by atoms with Gasteiger partial charge in [0.15, 0.2) is 5.65 Å². The van der Waals surface area contributed by atoms with E-state index in [0.29, 0.717) is 5.82 Å². The lowest BCUT2D eigenvalue weighted by Gasteiger charge is -2.32. The van der Waals surface area contributed by atoms with Crippen LogP contribution in [0.25, 0.3) is 5.65 Å². The van der Waals surface area contributed by atoms with Crippen LogP contribution in [-0.2, 0) is 12.7 Å². The molecule has 1 N–H and O–H groups in total. The fourth-order valence-electron chi connectivity index (χ4n) is 3.33. The molecule has 6 nitrogen and oxygen atoms in total. The summed E-state index contributed by atoms with van der Waals surface area (Å²) >= 11 is 0. The molecule has 0 spiro atoms. The summed E-state index contributed by atoms with van der Waals surface area (Å²) in [6, 6.07) is 13.6. The Balaban J connectivity index is 1.39. The third kappa shape index (κ3) is 4.02. The molecule has 1 aliphatic heterocycles. The van der Waals surface area contributed by atoms with Crippen molar-refractivity contribution in [2.45, 2.75) is 31.6 Å². The number of fused-ring (bicyclic) bond motifs is 1. The smallest absolute Gasteiger partial charge is 0.366 e. The quantitative estimate of drug-likeness (QED) is 0.758. The zero-order valence-corrected chi connectivity index (χ0v) is 14.5. The van der Waals surface area contributed by atoms with E-state index >= 15 is 0 Å². The summed E-state index contributed by atoms with van der Waals surface area (Å²) in [4.78, 5) is 2.38. The number of nitrogens with zero attached hydrogens (tertiary/aromatic N) is 5. The molecule has 0 radical (unpaired) electrons. The standard InChI is InChI=1S/C18H19F3N6/c19-18(20,21)17-24-23-16-7-6-15(25-27(16)17)22-14-8-10-26(11-9-14)12-13-4-2-1-3-5-13/h1-7,14H,8-12H2,(H,22,25). The fraction of sp³-hybridized carbons (Fsp3) is 0.389. The minimum absolute atomic E-state index is 0.0746. The van der Waals surface area contributed by atoms with Crippen LogP contribution >= 0.6 is 0 Å². The van der Waals surface area contributed by atoms with Crippen molar-refractivity contribution < 1.29 is 13.2 Å². The van der Waals surface area contributed by atoms with Crippen LogP contribution in [0.5, 0.6) is 0 Å². The average Bonchev–Trinajstić information content (AvgIpc) is 3.08. The molecule has 2 aromatic heterocycles. The highest BCUT2D eigenvalue weighted by molar-refractivity contribution is 5.44. The molecule has 3 aromatic rings. The minimum Gasteiger partial charge on any atom is -0.366 e. The predicted octanol–water partition coefficient (Wildman–Crippen LogP) is 3.22. The maximum Gasteiger partial charge on any atom is 0.453 e. The topological polar surface area (TPSA) is 58.4 Å². The summed E-state index contributed by atoms with van der Waals surface area (Å²) in [5.41, 5.74) is 1.36. The third-order valence-electron chi connectivity index (χ3n) is 4.70. The zero-order valence-electron chi connectivity index (χ0n) is 14.5. The van der Waals surface area contributed by atoms with Crippen LogP contribution in [0.4, 0.5) is 19.0 Å². The molecular formula is C18H19F3N6. The molecule has 1 fully saturated rings. The van der Waals surface area contributed by atoms with Crippen LogP contribution in [0.3, 0.4) is 0 Å². The minimum atomic E-state index is -4.59. The Hall–Kier alpha value is -2.68. The lowest BCUT2D eigenvalue weighted by Crippen LogP contribution is -2.38. The van der Waals surface area contributed by atoms with Gasteiger partial charge in [0.1, 0.15) is 5.82 Å². The van der Waals surface area contributed by atoms with Crippen molar-refractivity contribution >= 4 is 11.5 Å². The number of piperidine rings is 1. The van der Waals surface area contributed by atoms with Gasteiger partial charge >= 0.3 is 6.18 Å². The SMILES string of the molecule is FC(F)(F)c1nnc2ccc(NC3CCN(Cc4ccccc4)CC3)nn12. The molecule has 0 atom stereocenters. The van der Waals surface area contributed by atoms with Crippen molar-refractivity contribution in [1.29, 1.82) is 0 Å². The lowest BCUT2D eigenvalue weighted by atomic mass is 10.0. The normalized spacial score (nSPS) is 16.7. The van der Waals surface area contributed by atoms with E-state index in [4.69, 9.17) is 0 Å². The molecule has 0 aliphatic carbocycles. The maximum absolute atomic E-state index is 13.0. The fourth-order valence-corrected chi connectivity index (χ4v) is 3.33. The number of halogens is 3.